The molecule has 1 aliphatic carbocycles. The van der Waals surface area contributed by atoms with Gasteiger partial charge in [0, 0.05) is 36.6 Å². The molecule has 0 bridgehead atoms. The van der Waals surface area contributed by atoms with Crippen LogP contribution in [0.3, 0.4) is 0 Å². The molecule has 1 fully saturated rings. The molecular formula is C36H47N5O5S. The van der Waals surface area contributed by atoms with Crippen LogP contribution in [0, 0.1) is 19.3 Å². The van der Waals surface area contributed by atoms with Gasteiger partial charge in [-0.25, -0.2) is 13.1 Å². The number of hydrogen-bond acceptors (Lipinski definition) is 7. The van der Waals surface area contributed by atoms with Crippen molar-refractivity contribution in [2.45, 2.75) is 110 Å². The van der Waals surface area contributed by atoms with E-state index in [0.717, 1.165) is 61.9 Å². The molecule has 0 atom stereocenters. The molecule has 1 aromatic heterocycles. The molecule has 3 aromatic rings. The second-order valence-corrected chi connectivity index (χ2v) is 15.6. The van der Waals surface area contributed by atoms with Gasteiger partial charge in [0.15, 0.2) is 0 Å². The van der Waals surface area contributed by atoms with Crippen molar-refractivity contribution in [3.63, 3.8) is 0 Å². The third-order valence-corrected chi connectivity index (χ3v) is 10.6. The number of amides is 2. The Morgan fingerprint density at radius 1 is 1.09 bits per heavy atom. The lowest BCUT2D eigenvalue weighted by Gasteiger charge is -2.28. The summed E-state index contributed by atoms with van der Waals surface area (Å²) in [5, 5.41) is 3.88. The van der Waals surface area contributed by atoms with E-state index in [2.05, 4.69) is 16.8 Å². The number of nitrogens with one attached hydrogen (secondary N) is 1. The number of nitrogens with zero attached hydrogens (tertiary/aromatic N) is 4. The lowest BCUT2D eigenvalue weighted by molar-refractivity contribution is -0.138. The Balaban J connectivity index is 1.55. The molecule has 252 valence electrons. The molecule has 47 heavy (non-hydrogen) atoms. The van der Waals surface area contributed by atoms with Crippen molar-refractivity contribution in [3.8, 4) is 11.1 Å². The van der Waals surface area contributed by atoms with Crippen molar-refractivity contribution >= 4 is 33.6 Å². The van der Waals surface area contributed by atoms with Crippen LogP contribution in [0.25, 0.3) is 11.1 Å². The van der Waals surface area contributed by atoms with Gasteiger partial charge in [0.1, 0.15) is 11.4 Å². The Labute approximate surface area is 278 Å². The van der Waals surface area contributed by atoms with E-state index in [-0.39, 0.29) is 29.1 Å². The molecule has 2 amide bonds. The number of hydrogen-bond donors (Lipinski definition) is 1. The summed E-state index contributed by atoms with van der Waals surface area (Å²) >= 11 is 0. The van der Waals surface area contributed by atoms with Crippen LogP contribution in [-0.4, -0.2) is 53.6 Å². The first-order valence-corrected chi connectivity index (χ1v) is 18.0. The highest BCUT2D eigenvalue weighted by atomic mass is 32.2. The fraction of sp³-hybridized carbons (Fsp3) is 0.500. The number of anilines is 1. The van der Waals surface area contributed by atoms with Crippen LogP contribution >= 0.6 is 0 Å². The van der Waals surface area contributed by atoms with E-state index in [1.165, 1.54) is 0 Å². The van der Waals surface area contributed by atoms with E-state index in [0.29, 0.717) is 28.9 Å². The van der Waals surface area contributed by atoms with Crippen LogP contribution in [0.15, 0.2) is 56.9 Å². The number of aryl methyl sites for hydroxylation is 1. The minimum atomic E-state index is -4.08. The van der Waals surface area contributed by atoms with Crippen LogP contribution < -0.4 is 4.72 Å². The van der Waals surface area contributed by atoms with Crippen LogP contribution in [0.4, 0.5) is 5.88 Å². The number of sulfonamides is 1. The minimum Gasteiger partial charge on any atom is -0.341 e. The van der Waals surface area contributed by atoms with Gasteiger partial charge in [0.2, 0.25) is 11.8 Å². The molecule has 10 nitrogen and oxygen atoms in total. The Morgan fingerprint density at radius 2 is 1.79 bits per heavy atom. The van der Waals surface area contributed by atoms with Crippen LogP contribution in [0.2, 0.25) is 0 Å². The summed E-state index contributed by atoms with van der Waals surface area (Å²) in [7, 11) is -2.33. The number of unbranched alkanes of at least 4 members (excludes halogenated alkanes) is 1. The summed E-state index contributed by atoms with van der Waals surface area (Å²) in [5.41, 5.74) is 2.78. The fourth-order valence-electron chi connectivity index (χ4n) is 6.53. The molecule has 1 N–H and O–H groups in total. The maximum Gasteiger partial charge on any atom is 0.264 e. The second kappa shape index (κ2) is 13.3. The van der Waals surface area contributed by atoms with E-state index in [1.807, 2.05) is 43.9 Å². The van der Waals surface area contributed by atoms with E-state index < -0.39 is 21.0 Å². The van der Waals surface area contributed by atoms with Crippen molar-refractivity contribution in [1.82, 2.24) is 15.0 Å². The Kier molecular flexibility index (Phi) is 9.69. The maximum atomic E-state index is 13.9. The van der Waals surface area contributed by atoms with Crippen molar-refractivity contribution in [2.24, 2.45) is 10.4 Å². The van der Waals surface area contributed by atoms with Crippen LogP contribution in [-0.2, 0) is 32.7 Å². The number of carbonyl (C=O) groups excluding carboxylic acids is 2. The summed E-state index contributed by atoms with van der Waals surface area (Å²) in [6, 6.07) is 12.6. The quantitative estimate of drug-likeness (QED) is 0.236. The van der Waals surface area contributed by atoms with Crippen molar-refractivity contribution in [2.75, 3.05) is 11.8 Å². The molecule has 0 radical (unpaired) electrons. The van der Waals surface area contributed by atoms with Crippen LogP contribution in [0.5, 0.6) is 0 Å². The monoisotopic (exact) mass is 661 g/mol. The molecular weight excluding hydrogens is 614 g/mol. The number of amidine groups is 1. The zero-order valence-corrected chi connectivity index (χ0v) is 29.5. The number of aliphatic imine (C=N–C) groups is 1. The van der Waals surface area contributed by atoms with Gasteiger partial charge in [0.25, 0.3) is 15.9 Å². The average molecular weight is 662 g/mol. The maximum absolute atomic E-state index is 13.9. The third-order valence-electron chi connectivity index (χ3n) is 9.24. The van der Waals surface area contributed by atoms with E-state index in [9.17, 15) is 18.0 Å². The molecule has 2 aromatic carbocycles. The lowest BCUT2D eigenvalue weighted by atomic mass is 9.93. The first-order chi connectivity index (χ1) is 22.2. The molecule has 2 aliphatic rings. The number of carbonyl (C=O) groups is 2. The predicted molar refractivity (Wildman–Crippen MR) is 183 cm³/mol. The molecule has 5 rings (SSSR count). The fourth-order valence-corrected chi connectivity index (χ4v) is 7.80. The first kappa shape index (κ1) is 34.3. The zero-order valence-electron chi connectivity index (χ0n) is 28.6. The summed E-state index contributed by atoms with van der Waals surface area (Å²) in [6.07, 6.45) is 6.29. The highest BCUT2D eigenvalue weighted by Gasteiger charge is 2.49. The first-order valence-electron chi connectivity index (χ1n) is 16.5. The van der Waals surface area contributed by atoms with Crippen molar-refractivity contribution in [3.05, 3.63) is 64.8 Å². The minimum absolute atomic E-state index is 0.0422. The zero-order chi connectivity index (χ0) is 34.1. The van der Waals surface area contributed by atoms with Gasteiger partial charge in [-0.1, -0.05) is 88.5 Å². The van der Waals surface area contributed by atoms with E-state index >= 15 is 0 Å². The van der Waals surface area contributed by atoms with Gasteiger partial charge >= 0.3 is 0 Å². The molecule has 2 heterocycles. The molecule has 0 unspecified atom stereocenters. The SMILES string of the molecule is CCCCC1=NC2(CCCC2)C(=O)N1Cc1ccc(-c2ccccc2S(=O)(=O)Nc2onc(C)c2C)c(CN(C)C(=O)C(C)(C)C)c1. The summed E-state index contributed by atoms with van der Waals surface area (Å²) < 4.78 is 35.4. The normalized spacial score (nSPS) is 16.2. The molecule has 0 saturated heterocycles. The van der Waals surface area contributed by atoms with Gasteiger partial charge < -0.3 is 9.42 Å². The van der Waals surface area contributed by atoms with Crippen LogP contribution in [0.1, 0.15) is 95.0 Å². The Morgan fingerprint density at radius 3 is 2.43 bits per heavy atom. The summed E-state index contributed by atoms with van der Waals surface area (Å²) in [4.78, 5) is 35.8. The van der Waals surface area contributed by atoms with Gasteiger partial charge in [-0.3, -0.25) is 19.5 Å². The Hall–Kier alpha value is -3.99. The largest absolute Gasteiger partial charge is 0.341 e. The summed E-state index contributed by atoms with van der Waals surface area (Å²) in [6.45, 7) is 11.8. The molecule has 1 spiro atoms. The van der Waals surface area contributed by atoms with Crippen molar-refractivity contribution in [1.29, 1.82) is 0 Å². The van der Waals surface area contributed by atoms with E-state index in [4.69, 9.17) is 9.52 Å². The second-order valence-electron chi connectivity index (χ2n) is 14.0. The number of aromatic nitrogens is 1. The Bertz CT molecular complexity index is 1800. The molecule has 1 aliphatic heterocycles. The van der Waals surface area contributed by atoms with Crippen molar-refractivity contribution < 1.29 is 22.5 Å². The molecule has 11 heteroatoms. The topological polar surface area (TPSA) is 125 Å². The van der Waals surface area contributed by atoms with Gasteiger partial charge in [0.05, 0.1) is 17.1 Å². The highest BCUT2D eigenvalue weighted by Crippen LogP contribution is 2.41. The van der Waals surface area contributed by atoms with Gasteiger partial charge in [-0.15, -0.1) is 0 Å². The summed E-state index contributed by atoms with van der Waals surface area (Å²) in [5.74, 6) is 0.954. The highest BCUT2D eigenvalue weighted by molar-refractivity contribution is 7.92. The smallest absolute Gasteiger partial charge is 0.264 e. The van der Waals surface area contributed by atoms with E-state index in [1.54, 1.807) is 50.1 Å². The lowest BCUT2D eigenvalue weighted by Crippen LogP contribution is -2.40. The number of rotatable bonds is 11. The average Bonchev–Trinajstić information content (AvgIpc) is 3.70. The third kappa shape index (κ3) is 7.00. The van der Waals surface area contributed by atoms with Gasteiger partial charge in [-0.05, 0) is 55.9 Å². The predicted octanol–water partition coefficient (Wildman–Crippen LogP) is 7.01. The standard InChI is InChI=1S/C36H47N5O5S/c1-8-9-16-31-37-36(19-12-13-20-36)34(43)41(31)22-26-17-18-28(27(21-26)23-40(7)33(42)35(4,5)6)29-14-10-11-15-30(29)47(44,45)39-32-24(2)25(3)38-46-32/h10-11,14-15,17-18,21,39H,8-9,12-13,16,19-20,22-23H2,1-7H3. The van der Waals surface area contributed by atoms with Gasteiger partial charge in [-0.2, -0.15) is 0 Å². The number of benzene rings is 2. The molecule has 1 saturated carbocycles.